The molecule has 4 rings (SSSR count). The van der Waals surface area contributed by atoms with E-state index in [-0.39, 0.29) is 30.6 Å². The first kappa shape index (κ1) is 24.1. The molecule has 1 amide bonds. The zero-order chi connectivity index (χ0) is 23.8. The van der Waals surface area contributed by atoms with Gasteiger partial charge in [-0.15, -0.1) is 0 Å². The monoisotopic (exact) mass is 466 g/mol. The molecule has 0 radical (unpaired) electrons. The van der Waals surface area contributed by atoms with Crippen LogP contribution in [-0.2, 0) is 11.2 Å². The fraction of sp³-hybridized carbons (Fsp3) is 0.481. The fourth-order valence-corrected chi connectivity index (χ4v) is 4.51. The van der Waals surface area contributed by atoms with Crippen molar-refractivity contribution in [1.82, 2.24) is 10.2 Å². The number of amides is 1. The second kappa shape index (κ2) is 11.9. The number of carbonyl (C=O) groups is 2. The molecule has 1 saturated heterocycles. The van der Waals surface area contributed by atoms with E-state index in [9.17, 15) is 9.59 Å². The van der Waals surface area contributed by atoms with Gasteiger partial charge in [0.2, 0.25) is 5.91 Å². The minimum Gasteiger partial charge on any atom is -0.494 e. The highest BCUT2D eigenvalue weighted by Gasteiger charge is 2.21. The summed E-state index contributed by atoms with van der Waals surface area (Å²) in [6.45, 7) is 6.53. The molecule has 2 aromatic rings. The number of ether oxygens (including phenoxy) is 3. The highest BCUT2D eigenvalue weighted by Crippen LogP contribution is 2.31. The lowest BCUT2D eigenvalue weighted by atomic mass is 10.0. The van der Waals surface area contributed by atoms with E-state index in [1.54, 1.807) is 24.3 Å². The SMILES string of the molecule is CCOc1ccc(C(=O)CCC(=O)N[C@@H](Cc2ccc3c(c2)OCCO3)CN2CCCC2)cc1. The van der Waals surface area contributed by atoms with E-state index in [4.69, 9.17) is 14.2 Å². The van der Waals surface area contributed by atoms with Gasteiger partial charge in [-0.2, -0.15) is 0 Å². The van der Waals surface area contributed by atoms with Crippen LogP contribution in [0.1, 0.15) is 48.5 Å². The van der Waals surface area contributed by atoms with Gasteiger partial charge < -0.3 is 24.4 Å². The Morgan fingerprint density at radius 1 is 1.00 bits per heavy atom. The Labute approximate surface area is 201 Å². The number of rotatable bonds is 11. The van der Waals surface area contributed by atoms with Crippen molar-refractivity contribution >= 4 is 11.7 Å². The molecule has 7 heteroatoms. The van der Waals surface area contributed by atoms with E-state index < -0.39 is 0 Å². The second-order valence-electron chi connectivity index (χ2n) is 8.83. The van der Waals surface area contributed by atoms with E-state index in [0.29, 0.717) is 31.8 Å². The Kier molecular flexibility index (Phi) is 8.41. The number of Topliss-reactive ketones (excluding diaryl/α,β-unsaturated/α-hetero) is 1. The van der Waals surface area contributed by atoms with Gasteiger partial charge in [0.25, 0.3) is 0 Å². The number of ketones is 1. The van der Waals surface area contributed by atoms with Gasteiger partial charge >= 0.3 is 0 Å². The van der Waals surface area contributed by atoms with Gasteiger partial charge in [0.1, 0.15) is 19.0 Å². The quantitative estimate of drug-likeness (QED) is 0.510. The zero-order valence-electron chi connectivity index (χ0n) is 19.9. The highest BCUT2D eigenvalue weighted by atomic mass is 16.6. The van der Waals surface area contributed by atoms with Crippen LogP contribution in [0.4, 0.5) is 0 Å². The van der Waals surface area contributed by atoms with Crippen LogP contribution >= 0.6 is 0 Å². The second-order valence-corrected chi connectivity index (χ2v) is 8.83. The van der Waals surface area contributed by atoms with Gasteiger partial charge in [-0.1, -0.05) is 6.07 Å². The van der Waals surface area contributed by atoms with Crippen LogP contribution in [0.3, 0.4) is 0 Å². The van der Waals surface area contributed by atoms with Crippen LogP contribution in [0, 0.1) is 0 Å². The van der Waals surface area contributed by atoms with Gasteiger partial charge in [-0.3, -0.25) is 9.59 Å². The van der Waals surface area contributed by atoms with Crippen molar-refractivity contribution in [3.8, 4) is 17.2 Å². The summed E-state index contributed by atoms with van der Waals surface area (Å²) in [5, 5.41) is 3.18. The van der Waals surface area contributed by atoms with Crippen molar-refractivity contribution in [2.45, 2.75) is 45.1 Å². The van der Waals surface area contributed by atoms with Crippen LogP contribution in [0.25, 0.3) is 0 Å². The number of carbonyl (C=O) groups excluding carboxylic acids is 2. The normalized spacial score (nSPS) is 16.1. The molecule has 0 aromatic heterocycles. The summed E-state index contributed by atoms with van der Waals surface area (Å²) in [5.41, 5.74) is 1.69. The van der Waals surface area contributed by atoms with Gasteiger partial charge in [-0.05, 0) is 81.2 Å². The lowest BCUT2D eigenvalue weighted by molar-refractivity contribution is -0.121. The summed E-state index contributed by atoms with van der Waals surface area (Å²) in [7, 11) is 0. The van der Waals surface area contributed by atoms with E-state index in [1.807, 2.05) is 25.1 Å². The molecule has 0 aliphatic carbocycles. The van der Waals surface area contributed by atoms with Crippen molar-refractivity contribution in [3.63, 3.8) is 0 Å². The molecular formula is C27H34N2O5. The van der Waals surface area contributed by atoms with E-state index in [2.05, 4.69) is 10.2 Å². The first-order valence-electron chi connectivity index (χ1n) is 12.3. The fourth-order valence-electron chi connectivity index (χ4n) is 4.51. The molecule has 0 bridgehead atoms. The van der Waals surface area contributed by atoms with Gasteiger partial charge in [0.05, 0.1) is 6.61 Å². The number of likely N-dealkylation sites (tertiary alicyclic amines) is 1. The third kappa shape index (κ3) is 6.73. The van der Waals surface area contributed by atoms with E-state index in [1.165, 1.54) is 12.8 Å². The lowest BCUT2D eigenvalue weighted by Gasteiger charge is -2.25. The molecule has 1 N–H and O–H groups in total. The highest BCUT2D eigenvalue weighted by molar-refractivity contribution is 5.98. The molecule has 2 aromatic carbocycles. The van der Waals surface area contributed by atoms with Crippen molar-refractivity contribution in [1.29, 1.82) is 0 Å². The molecule has 1 atom stereocenters. The molecule has 0 saturated carbocycles. The molecule has 2 aliphatic heterocycles. The van der Waals surface area contributed by atoms with Crippen molar-refractivity contribution in [3.05, 3.63) is 53.6 Å². The Morgan fingerprint density at radius 3 is 2.47 bits per heavy atom. The van der Waals surface area contributed by atoms with Crippen LogP contribution in [0.15, 0.2) is 42.5 Å². The molecule has 1 fully saturated rings. The van der Waals surface area contributed by atoms with Crippen LogP contribution < -0.4 is 19.5 Å². The Balaban J connectivity index is 1.33. The summed E-state index contributed by atoms with van der Waals surface area (Å²) in [5.74, 6) is 2.13. The number of nitrogens with zero attached hydrogens (tertiary/aromatic N) is 1. The van der Waals surface area contributed by atoms with Gasteiger partial charge in [-0.25, -0.2) is 0 Å². The summed E-state index contributed by atoms with van der Waals surface area (Å²) in [6, 6.07) is 13.0. The van der Waals surface area contributed by atoms with Crippen molar-refractivity contribution in [2.24, 2.45) is 0 Å². The average molecular weight is 467 g/mol. The van der Waals surface area contributed by atoms with E-state index in [0.717, 1.165) is 42.4 Å². The molecule has 182 valence electrons. The molecule has 34 heavy (non-hydrogen) atoms. The smallest absolute Gasteiger partial charge is 0.220 e. The van der Waals surface area contributed by atoms with Gasteiger partial charge in [0.15, 0.2) is 17.3 Å². The van der Waals surface area contributed by atoms with E-state index >= 15 is 0 Å². The van der Waals surface area contributed by atoms with Gasteiger partial charge in [0, 0.05) is 31.0 Å². The molecule has 0 unspecified atom stereocenters. The summed E-state index contributed by atoms with van der Waals surface area (Å²) < 4.78 is 16.8. The summed E-state index contributed by atoms with van der Waals surface area (Å²) in [4.78, 5) is 27.7. The van der Waals surface area contributed by atoms with Crippen LogP contribution in [0.2, 0.25) is 0 Å². The predicted octanol–water partition coefficient (Wildman–Crippen LogP) is 3.64. The van der Waals surface area contributed by atoms with Crippen LogP contribution in [-0.4, -0.2) is 62.1 Å². The third-order valence-electron chi connectivity index (χ3n) is 6.20. The number of fused-ring (bicyclic) bond motifs is 1. The summed E-state index contributed by atoms with van der Waals surface area (Å²) in [6.07, 6.45) is 3.44. The Bertz CT molecular complexity index is 969. The number of hydrogen-bond donors (Lipinski definition) is 1. The Hall–Kier alpha value is -3.06. The minimum atomic E-state index is -0.0963. The lowest BCUT2D eigenvalue weighted by Crippen LogP contribution is -2.44. The Morgan fingerprint density at radius 2 is 1.74 bits per heavy atom. The first-order chi connectivity index (χ1) is 16.6. The number of hydrogen-bond acceptors (Lipinski definition) is 6. The first-order valence-corrected chi connectivity index (χ1v) is 12.3. The predicted molar refractivity (Wildman–Crippen MR) is 130 cm³/mol. The standard InChI is InChI=1S/C27H34N2O5/c1-2-32-23-8-6-21(7-9-23)24(30)10-12-27(31)28-22(19-29-13-3-4-14-29)17-20-5-11-25-26(18-20)34-16-15-33-25/h5-9,11,18,22H,2-4,10,12-17,19H2,1H3,(H,28,31)/t22-/m0/s1. The third-order valence-corrected chi connectivity index (χ3v) is 6.20. The molecule has 2 aliphatic rings. The molecule has 0 spiro atoms. The molecule has 7 nitrogen and oxygen atoms in total. The van der Waals surface area contributed by atoms with Crippen LogP contribution in [0.5, 0.6) is 17.2 Å². The maximum absolute atomic E-state index is 12.8. The number of nitrogens with one attached hydrogen (secondary N) is 1. The average Bonchev–Trinajstić information content (AvgIpc) is 3.36. The summed E-state index contributed by atoms with van der Waals surface area (Å²) >= 11 is 0. The number of benzene rings is 2. The molecular weight excluding hydrogens is 432 g/mol. The zero-order valence-corrected chi connectivity index (χ0v) is 19.9. The van der Waals surface area contributed by atoms with Crippen molar-refractivity contribution in [2.75, 3.05) is 39.5 Å². The minimum absolute atomic E-state index is 0.0336. The maximum atomic E-state index is 12.8. The largest absolute Gasteiger partial charge is 0.494 e. The van der Waals surface area contributed by atoms with Crippen molar-refractivity contribution < 1.29 is 23.8 Å². The maximum Gasteiger partial charge on any atom is 0.220 e. The topological polar surface area (TPSA) is 77.1 Å². The molecule has 2 heterocycles.